The van der Waals surface area contributed by atoms with Gasteiger partial charge in [-0.3, -0.25) is 4.90 Å². The molecule has 4 aromatic rings. The van der Waals surface area contributed by atoms with Gasteiger partial charge in [0.25, 0.3) is 0 Å². The first kappa shape index (κ1) is 28.5. The van der Waals surface area contributed by atoms with Crippen molar-refractivity contribution < 1.29 is 23.1 Å². The second kappa shape index (κ2) is 13.0. The molecule has 0 aliphatic rings. The van der Waals surface area contributed by atoms with Crippen LogP contribution in [0.4, 0.5) is 0 Å². The number of sulfone groups is 1. The zero-order chi connectivity index (χ0) is 27.8. The average Bonchev–Trinajstić information content (AvgIpc) is 2.96. The van der Waals surface area contributed by atoms with Crippen molar-refractivity contribution in [1.82, 2.24) is 4.90 Å². The van der Waals surface area contributed by atoms with Crippen molar-refractivity contribution >= 4 is 27.4 Å². The number of esters is 1. The summed E-state index contributed by atoms with van der Waals surface area (Å²) in [6.07, 6.45) is -0.00186. The van der Waals surface area contributed by atoms with Crippen LogP contribution in [-0.2, 0) is 27.5 Å². The molecule has 0 fully saturated rings. The molecule has 0 saturated carbocycles. The highest BCUT2D eigenvalue weighted by molar-refractivity contribution is 7.91. The van der Waals surface area contributed by atoms with Gasteiger partial charge in [-0.1, -0.05) is 66.2 Å². The van der Waals surface area contributed by atoms with Crippen LogP contribution in [0.1, 0.15) is 33.2 Å². The molecule has 0 aromatic heterocycles. The van der Waals surface area contributed by atoms with Crippen LogP contribution in [0.15, 0.2) is 113 Å². The number of hydrogen-bond acceptors (Lipinski definition) is 6. The molecule has 4 rings (SSSR count). The summed E-state index contributed by atoms with van der Waals surface area (Å²) in [6.45, 7) is 1.77. The molecule has 1 atom stereocenters. The maximum absolute atomic E-state index is 13.1. The number of benzene rings is 4. The van der Waals surface area contributed by atoms with Crippen molar-refractivity contribution in [2.45, 2.75) is 28.9 Å². The van der Waals surface area contributed by atoms with E-state index in [9.17, 15) is 18.3 Å². The van der Waals surface area contributed by atoms with Crippen LogP contribution in [0.5, 0.6) is 0 Å². The molecule has 0 amide bonds. The van der Waals surface area contributed by atoms with Crippen molar-refractivity contribution in [2.24, 2.45) is 0 Å². The average molecular weight is 564 g/mol. The number of halogens is 1. The normalized spacial score (nSPS) is 12.3. The lowest BCUT2D eigenvalue weighted by molar-refractivity contribution is 0.0600. The van der Waals surface area contributed by atoms with Gasteiger partial charge in [-0.05, 0) is 71.6 Å². The van der Waals surface area contributed by atoms with Crippen LogP contribution in [0.25, 0.3) is 0 Å². The third-order valence-electron chi connectivity index (χ3n) is 6.47. The third-order valence-corrected chi connectivity index (χ3v) is 8.51. The zero-order valence-electron chi connectivity index (χ0n) is 21.5. The molecule has 6 nitrogen and oxygen atoms in total. The van der Waals surface area contributed by atoms with Gasteiger partial charge in [0.05, 0.1) is 28.6 Å². The third kappa shape index (κ3) is 7.55. The molecule has 0 aliphatic carbocycles. The van der Waals surface area contributed by atoms with E-state index >= 15 is 0 Å². The summed E-state index contributed by atoms with van der Waals surface area (Å²) in [7, 11) is -2.46. The predicted molar refractivity (Wildman–Crippen MR) is 152 cm³/mol. The maximum atomic E-state index is 13.1. The minimum Gasteiger partial charge on any atom is -0.465 e. The molecule has 202 valence electrons. The van der Waals surface area contributed by atoms with Gasteiger partial charge in [0.15, 0.2) is 0 Å². The summed E-state index contributed by atoms with van der Waals surface area (Å²) in [5.74, 6) is -0.523. The molecule has 4 aromatic carbocycles. The van der Waals surface area contributed by atoms with Crippen molar-refractivity contribution in [3.63, 3.8) is 0 Å². The molecule has 0 radical (unpaired) electrons. The Morgan fingerprint density at radius 3 is 2.03 bits per heavy atom. The van der Waals surface area contributed by atoms with Crippen LogP contribution < -0.4 is 0 Å². The van der Waals surface area contributed by atoms with Gasteiger partial charge in [-0.25, -0.2) is 13.2 Å². The van der Waals surface area contributed by atoms with Gasteiger partial charge in [0.2, 0.25) is 9.84 Å². The van der Waals surface area contributed by atoms with Crippen molar-refractivity contribution in [3.8, 4) is 0 Å². The summed E-state index contributed by atoms with van der Waals surface area (Å²) in [5.41, 5.74) is 3.20. The van der Waals surface area contributed by atoms with Gasteiger partial charge in [-0.2, -0.15) is 0 Å². The Bertz CT molecular complexity index is 1470. The van der Waals surface area contributed by atoms with Gasteiger partial charge in [0, 0.05) is 24.7 Å². The Morgan fingerprint density at radius 2 is 1.44 bits per heavy atom. The van der Waals surface area contributed by atoms with E-state index in [4.69, 9.17) is 11.6 Å². The highest BCUT2D eigenvalue weighted by atomic mass is 35.5. The first-order valence-corrected chi connectivity index (χ1v) is 14.3. The molecule has 8 heteroatoms. The minimum absolute atomic E-state index is 0.105. The lowest BCUT2D eigenvalue weighted by Crippen LogP contribution is -2.30. The second-order valence-electron chi connectivity index (χ2n) is 9.20. The molecule has 0 aliphatic heterocycles. The molecule has 0 bridgehead atoms. The number of carbonyl (C=O) groups excluding carboxylic acids is 1. The van der Waals surface area contributed by atoms with E-state index in [0.717, 1.165) is 16.7 Å². The van der Waals surface area contributed by atoms with E-state index in [1.54, 1.807) is 24.3 Å². The van der Waals surface area contributed by atoms with Crippen LogP contribution in [0.2, 0.25) is 5.02 Å². The van der Waals surface area contributed by atoms with Gasteiger partial charge in [0.1, 0.15) is 0 Å². The molecule has 39 heavy (non-hydrogen) atoms. The molecular formula is C31H30ClNO5S. The lowest BCUT2D eigenvalue weighted by atomic mass is 10.1. The van der Waals surface area contributed by atoms with Crippen molar-refractivity contribution in [1.29, 1.82) is 0 Å². The fourth-order valence-corrected chi connectivity index (χ4v) is 5.64. The molecular weight excluding hydrogens is 534 g/mol. The first-order chi connectivity index (χ1) is 18.8. The number of ether oxygens (including phenoxy) is 1. The fraction of sp³-hybridized carbons (Fsp3) is 0.194. The maximum Gasteiger partial charge on any atom is 0.337 e. The SMILES string of the molecule is COC(=O)c1ccc(S(=O)(=O)c2ccc(CCN(Cc3ccccc3)C[C@@H](O)c3ccc(Cl)cc3)cc2)cc1. The summed E-state index contributed by atoms with van der Waals surface area (Å²) in [5, 5.41) is 11.5. The quantitative estimate of drug-likeness (QED) is 0.234. The number of aliphatic hydroxyl groups excluding tert-OH is 1. The van der Waals surface area contributed by atoms with Gasteiger partial charge >= 0.3 is 5.97 Å². The van der Waals surface area contributed by atoms with E-state index in [1.807, 2.05) is 42.5 Å². The van der Waals surface area contributed by atoms with Gasteiger partial charge in [-0.15, -0.1) is 0 Å². The first-order valence-electron chi connectivity index (χ1n) is 12.5. The molecule has 1 N–H and O–H groups in total. The zero-order valence-corrected chi connectivity index (χ0v) is 23.1. The smallest absolute Gasteiger partial charge is 0.337 e. The van der Waals surface area contributed by atoms with E-state index in [1.165, 1.54) is 31.4 Å². The predicted octanol–water partition coefficient (Wildman–Crippen LogP) is 5.74. The molecule has 0 heterocycles. The number of nitrogens with zero attached hydrogens (tertiary/aromatic N) is 1. The largest absolute Gasteiger partial charge is 0.465 e. The molecule has 0 saturated heterocycles. The Morgan fingerprint density at radius 1 is 0.846 bits per heavy atom. The molecule has 0 spiro atoms. The number of aliphatic hydroxyl groups is 1. The highest BCUT2D eigenvalue weighted by Crippen LogP contribution is 2.23. The Labute approximate surface area is 234 Å². The van der Waals surface area contributed by atoms with Crippen LogP contribution in [0.3, 0.4) is 0 Å². The lowest BCUT2D eigenvalue weighted by Gasteiger charge is -2.25. The number of carbonyl (C=O) groups is 1. The Kier molecular flexibility index (Phi) is 9.54. The topological polar surface area (TPSA) is 83.9 Å². The summed E-state index contributed by atoms with van der Waals surface area (Å²) in [6, 6.07) is 29.8. The van der Waals surface area contributed by atoms with Crippen LogP contribution in [0, 0.1) is 0 Å². The Hall–Kier alpha value is -3.49. The van der Waals surface area contributed by atoms with Crippen molar-refractivity contribution in [3.05, 3.63) is 130 Å². The van der Waals surface area contributed by atoms with Gasteiger partial charge < -0.3 is 9.84 Å². The standard InChI is InChI=1S/C31H30ClNO5S/c1-38-31(35)26-11-17-29(18-12-26)39(36,37)28-15-7-23(8-16-28)19-20-33(21-24-5-3-2-4-6-24)22-30(34)25-9-13-27(32)14-10-25/h2-18,30,34H,19-22H2,1H3/t30-/m1/s1. The monoisotopic (exact) mass is 563 g/mol. The number of rotatable bonds is 11. The van der Waals surface area contributed by atoms with E-state index in [2.05, 4.69) is 21.8 Å². The number of methoxy groups -OCH3 is 1. The van der Waals surface area contributed by atoms with E-state index < -0.39 is 21.9 Å². The number of hydrogen-bond donors (Lipinski definition) is 1. The second-order valence-corrected chi connectivity index (χ2v) is 11.6. The summed E-state index contributed by atoms with van der Waals surface area (Å²) in [4.78, 5) is 14.1. The van der Waals surface area contributed by atoms with Crippen molar-refractivity contribution in [2.75, 3.05) is 20.2 Å². The van der Waals surface area contributed by atoms with Crippen LogP contribution >= 0.6 is 11.6 Å². The summed E-state index contributed by atoms with van der Waals surface area (Å²) >= 11 is 6.00. The highest BCUT2D eigenvalue weighted by Gasteiger charge is 2.19. The Balaban J connectivity index is 1.44. The van der Waals surface area contributed by atoms with E-state index in [0.29, 0.717) is 31.1 Å². The molecule has 0 unspecified atom stereocenters. The minimum atomic E-state index is -3.73. The fourth-order valence-electron chi connectivity index (χ4n) is 4.26. The van der Waals surface area contributed by atoms with Crippen LogP contribution in [-0.4, -0.2) is 44.6 Å². The summed E-state index contributed by atoms with van der Waals surface area (Å²) < 4.78 is 30.8. The van der Waals surface area contributed by atoms with E-state index in [-0.39, 0.29) is 15.4 Å².